The minimum atomic E-state index is -0.427. The minimum Gasteiger partial charge on any atom is -0.423 e. The molecule has 0 aliphatic heterocycles. The van der Waals surface area contributed by atoms with Gasteiger partial charge in [0.1, 0.15) is 11.4 Å². The number of benzene rings is 2. The number of hydrogen-bond acceptors (Lipinski definition) is 4. The van der Waals surface area contributed by atoms with Crippen molar-refractivity contribution in [3.8, 4) is 0 Å². The summed E-state index contributed by atoms with van der Waals surface area (Å²) in [5.74, 6) is -0.433. The van der Waals surface area contributed by atoms with Gasteiger partial charge in [-0.3, -0.25) is 9.69 Å². The Morgan fingerprint density at radius 3 is 2.71 bits per heavy atom. The van der Waals surface area contributed by atoms with Crippen LogP contribution in [0.5, 0.6) is 0 Å². The number of nitrogens with one attached hydrogen (secondary N) is 1. The van der Waals surface area contributed by atoms with Gasteiger partial charge in [0.25, 0.3) is 0 Å². The number of amides is 1. The van der Waals surface area contributed by atoms with Crippen LogP contribution in [-0.4, -0.2) is 16.8 Å². The summed E-state index contributed by atoms with van der Waals surface area (Å²) in [5, 5.41) is 3.53. The molecule has 1 aliphatic carbocycles. The quantitative estimate of drug-likeness (QED) is 0.655. The molecule has 1 N–H and O–H groups in total. The number of carbonyl (C=O) groups is 1. The summed E-state index contributed by atoms with van der Waals surface area (Å²) in [6, 6.07) is 13.9. The molecule has 0 unspecified atom stereocenters. The van der Waals surface area contributed by atoms with E-state index >= 15 is 0 Å². The molecule has 1 heterocycles. The normalized spacial score (nSPS) is 13.8. The third-order valence-corrected chi connectivity index (χ3v) is 4.86. The summed E-state index contributed by atoms with van der Waals surface area (Å²) in [4.78, 5) is 25.6. The van der Waals surface area contributed by atoms with Crippen LogP contribution in [-0.2, 0) is 17.9 Å². The predicted octanol–water partition coefficient (Wildman–Crippen LogP) is 4.06. The average molecular weight is 380 g/mol. The molecule has 0 spiro atoms. The number of nitrogens with zero attached hydrogens (tertiary/aromatic N) is 1. The Balaban J connectivity index is 1.65. The van der Waals surface area contributed by atoms with Crippen LogP contribution in [0, 0.1) is 5.82 Å². The highest BCUT2D eigenvalue weighted by Crippen LogP contribution is 2.31. The Hall–Kier alpha value is -2.99. The zero-order valence-corrected chi connectivity index (χ0v) is 15.6. The highest BCUT2D eigenvalue weighted by atomic mass is 19.1. The van der Waals surface area contributed by atoms with E-state index in [2.05, 4.69) is 10.2 Å². The highest BCUT2D eigenvalue weighted by molar-refractivity contribution is 5.92. The Morgan fingerprint density at radius 2 is 2.00 bits per heavy atom. The van der Waals surface area contributed by atoms with Crippen molar-refractivity contribution in [3.63, 3.8) is 0 Å². The molecule has 28 heavy (non-hydrogen) atoms. The summed E-state index contributed by atoms with van der Waals surface area (Å²) in [7, 11) is 0. The van der Waals surface area contributed by atoms with E-state index in [4.69, 9.17) is 4.42 Å². The Labute approximate surface area is 161 Å². The molecule has 6 heteroatoms. The molecule has 144 valence electrons. The first kappa shape index (κ1) is 18.4. The standard InChI is InChI=1S/C22H21FN2O3/c1-14(26)24-18-5-8-20-16(10-22(27)28-21(20)11-18)13-25(19-6-7-19)12-15-3-2-4-17(23)9-15/h2-5,8-11,19H,6-7,12-13H2,1H3,(H,24,26). The second-order valence-corrected chi connectivity index (χ2v) is 7.25. The van der Waals surface area contributed by atoms with Crippen molar-refractivity contribution in [2.24, 2.45) is 0 Å². The lowest BCUT2D eigenvalue weighted by atomic mass is 10.1. The molecule has 0 atom stereocenters. The Bertz CT molecular complexity index is 1090. The van der Waals surface area contributed by atoms with E-state index in [1.807, 2.05) is 12.1 Å². The van der Waals surface area contributed by atoms with Gasteiger partial charge in [0.2, 0.25) is 5.91 Å². The molecule has 1 amide bonds. The van der Waals surface area contributed by atoms with Crippen molar-refractivity contribution in [1.29, 1.82) is 0 Å². The largest absolute Gasteiger partial charge is 0.423 e. The molecule has 2 aromatic carbocycles. The lowest BCUT2D eigenvalue weighted by Gasteiger charge is -2.23. The van der Waals surface area contributed by atoms with E-state index in [1.54, 1.807) is 24.3 Å². The van der Waals surface area contributed by atoms with Gasteiger partial charge in [0.05, 0.1) is 0 Å². The second kappa shape index (κ2) is 7.56. The predicted molar refractivity (Wildman–Crippen MR) is 105 cm³/mol. The monoisotopic (exact) mass is 380 g/mol. The molecular weight excluding hydrogens is 359 g/mol. The van der Waals surface area contributed by atoms with E-state index in [1.165, 1.54) is 19.1 Å². The molecule has 1 saturated carbocycles. The van der Waals surface area contributed by atoms with Crippen LogP contribution in [0.4, 0.5) is 10.1 Å². The van der Waals surface area contributed by atoms with E-state index in [9.17, 15) is 14.0 Å². The molecule has 0 bridgehead atoms. The first-order valence-electron chi connectivity index (χ1n) is 9.31. The van der Waals surface area contributed by atoms with E-state index < -0.39 is 5.63 Å². The third kappa shape index (κ3) is 4.28. The first-order valence-corrected chi connectivity index (χ1v) is 9.31. The molecule has 1 fully saturated rings. The van der Waals surface area contributed by atoms with E-state index in [0.717, 1.165) is 29.4 Å². The number of hydrogen-bond donors (Lipinski definition) is 1. The van der Waals surface area contributed by atoms with Gasteiger partial charge in [-0.05, 0) is 48.2 Å². The molecule has 5 nitrogen and oxygen atoms in total. The maximum absolute atomic E-state index is 13.5. The molecule has 4 rings (SSSR count). The first-order chi connectivity index (χ1) is 13.5. The summed E-state index contributed by atoms with van der Waals surface area (Å²) < 4.78 is 18.9. The van der Waals surface area contributed by atoms with Gasteiger partial charge in [-0.15, -0.1) is 0 Å². The van der Waals surface area contributed by atoms with Gasteiger partial charge in [-0.25, -0.2) is 9.18 Å². The fourth-order valence-corrected chi connectivity index (χ4v) is 3.48. The number of rotatable bonds is 6. The van der Waals surface area contributed by atoms with Crippen LogP contribution in [0.1, 0.15) is 30.9 Å². The summed E-state index contributed by atoms with van der Waals surface area (Å²) >= 11 is 0. The zero-order valence-electron chi connectivity index (χ0n) is 15.6. The van der Waals surface area contributed by atoms with Gasteiger partial charge in [-0.2, -0.15) is 0 Å². The van der Waals surface area contributed by atoms with Crippen molar-refractivity contribution in [1.82, 2.24) is 4.90 Å². The summed E-state index contributed by atoms with van der Waals surface area (Å²) in [5.41, 5.74) is 2.37. The second-order valence-electron chi connectivity index (χ2n) is 7.25. The van der Waals surface area contributed by atoms with Gasteiger partial charge < -0.3 is 9.73 Å². The summed E-state index contributed by atoms with van der Waals surface area (Å²) in [6.45, 7) is 2.62. The van der Waals surface area contributed by atoms with Crippen molar-refractivity contribution < 1.29 is 13.6 Å². The molecule has 0 radical (unpaired) electrons. The summed E-state index contributed by atoms with van der Waals surface area (Å²) in [6.07, 6.45) is 2.20. The molecule has 0 saturated heterocycles. The maximum atomic E-state index is 13.5. The lowest BCUT2D eigenvalue weighted by Crippen LogP contribution is -2.25. The van der Waals surface area contributed by atoms with Crippen molar-refractivity contribution >= 4 is 22.6 Å². The van der Waals surface area contributed by atoms with Gasteiger partial charge in [0.15, 0.2) is 0 Å². The van der Waals surface area contributed by atoms with E-state index in [0.29, 0.717) is 30.4 Å². The number of fused-ring (bicyclic) bond motifs is 1. The molecule has 3 aromatic rings. The van der Waals surface area contributed by atoms with Crippen molar-refractivity contribution in [2.75, 3.05) is 5.32 Å². The molecular formula is C22H21FN2O3. The van der Waals surface area contributed by atoms with Crippen LogP contribution >= 0.6 is 0 Å². The van der Waals surface area contributed by atoms with E-state index in [-0.39, 0.29) is 11.7 Å². The van der Waals surface area contributed by atoms with Crippen LogP contribution < -0.4 is 10.9 Å². The SMILES string of the molecule is CC(=O)Nc1ccc2c(CN(Cc3cccc(F)c3)C3CC3)cc(=O)oc2c1. The minimum absolute atomic E-state index is 0.187. The van der Waals surface area contributed by atoms with Gasteiger partial charge in [0, 0.05) is 49.3 Å². The highest BCUT2D eigenvalue weighted by Gasteiger charge is 2.29. The third-order valence-electron chi connectivity index (χ3n) is 4.86. The van der Waals surface area contributed by atoms with Gasteiger partial charge >= 0.3 is 5.63 Å². The Kier molecular flexibility index (Phi) is 4.96. The van der Waals surface area contributed by atoms with Crippen molar-refractivity contribution in [3.05, 3.63) is 75.9 Å². The smallest absolute Gasteiger partial charge is 0.336 e. The number of halogens is 1. The maximum Gasteiger partial charge on any atom is 0.336 e. The molecule has 1 aliphatic rings. The van der Waals surface area contributed by atoms with Crippen LogP contribution in [0.3, 0.4) is 0 Å². The average Bonchev–Trinajstić information content (AvgIpc) is 3.45. The van der Waals surface area contributed by atoms with Crippen LogP contribution in [0.25, 0.3) is 11.0 Å². The number of carbonyl (C=O) groups excluding carboxylic acids is 1. The fourth-order valence-electron chi connectivity index (χ4n) is 3.48. The fraction of sp³-hybridized carbons (Fsp3) is 0.273. The molecule has 1 aromatic heterocycles. The lowest BCUT2D eigenvalue weighted by molar-refractivity contribution is -0.114. The number of anilines is 1. The van der Waals surface area contributed by atoms with Crippen LogP contribution in [0.2, 0.25) is 0 Å². The van der Waals surface area contributed by atoms with Crippen LogP contribution in [0.15, 0.2) is 57.7 Å². The topological polar surface area (TPSA) is 62.6 Å². The zero-order chi connectivity index (χ0) is 19.7. The van der Waals surface area contributed by atoms with Crippen molar-refractivity contribution in [2.45, 2.75) is 38.9 Å². The Morgan fingerprint density at radius 1 is 1.18 bits per heavy atom. The van der Waals surface area contributed by atoms with Gasteiger partial charge in [-0.1, -0.05) is 12.1 Å².